The van der Waals surface area contributed by atoms with Crippen molar-refractivity contribution < 1.29 is 28.6 Å². The molecule has 0 heterocycles. The molecule has 0 aliphatic carbocycles. The Morgan fingerprint density at radius 3 is 0.873 bits per heavy atom. The van der Waals surface area contributed by atoms with Gasteiger partial charge in [0, 0.05) is 19.3 Å². The van der Waals surface area contributed by atoms with E-state index >= 15 is 0 Å². The molecule has 0 N–H and O–H groups in total. The van der Waals surface area contributed by atoms with Crippen molar-refractivity contribution in [2.45, 2.75) is 297 Å². The third-order valence-corrected chi connectivity index (χ3v) is 12.9. The van der Waals surface area contributed by atoms with E-state index in [1.54, 1.807) is 0 Å². The molecule has 0 spiro atoms. The number of carbonyl (C=O) groups is 3. The van der Waals surface area contributed by atoms with Crippen molar-refractivity contribution in [1.29, 1.82) is 0 Å². The summed E-state index contributed by atoms with van der Waals surface area (Å²) in [5.74, 6) is -0.911. The summed E-state index contributed by atoms with van der Waals surface area (Å²) in [6.45, 7) is 6.52. The number of hydrogen-bond acceptors (Lipinski definition) is 6. The van der Waals surface area contributed by atoms with Crippen LogP contribution in [0.25, 0.3) is 0 Å². The fourth-order valence-electron chi connectivity index (χ4n) is 8.38. The number of esters is 3. The highest BCUT2D eigenvalue weighted by Crippen LogP contribution is 2.16. The number of hydrogen-bond donors (Lipinski definition) is 0. The SMILES string of the molecule is CC/C=C\C/C=C\C/C=C\C/C=C\C/C=C\C/C=C\CCCCCCC(=O)OCC(COC(=O)CCCCCCCCCCCCCCCC)OC(=O)CCCCCCC/C=C\CCCCCCCCC. The number of ether oxygens (including phenoxy) is 3. The molecule has 0 rings (SSSR count). The monoisotopic (exact) mass is 989 g/mol. The van der Waals surface area contributed by atoms with Crippen LogP contribution in [0.2, 0.25) is 0 Å². The molecule has 0 amide bonds. The standard InChI is InChI=1S/C65H112O6/c1-4-7-10-13-16-19-22-25-28-30-31-32-33-34-35-36-38-40-43-46-49-52-55-58-64(67)70-61-62(60-69-63(66)57-54-51-48-45-42-39-27-24-21-18-15-12-9-6-3)71-65(68)59-56-53-50-47-44-41-37-29-26-23-20-17-14-11-8-5-2/h7,10,16,19,25,28-29,31-32,34-35,37-38,40,62H,4-6,8-9,11-15,17-18,20-24,26-27,30,33,36,39,41-61H2,1-3H3/b10-7-,19-16-,28-25-,32-31-,35-34-,37-29-,40-38-. The minimum Gasteiger partial charge on any atom is -0.462 e. The quantitative estimate of drug-likeness (QED) is 0.0261. The smallest absolute Gasteiger partial charge is 0.306 e. The zero-order chi connectivity index (χ0) is 51.4. The summed E-state index contributed by atoms with van der Waals surface area (Å²) in [5, 5.41) is 0. The summed E-state index contributed by atoms with van der Waals surface area (Å²) in [5.41, 5.74) is 0. The first-order chi connectivity index (χ1) is 35.0. The topological polar surface area (TPSA) is 78.9 Å². The van der Waals surface area contributed by atoms with E-state index in [1.807, 2.05) is 0 Å². The van der Waals surface area contributed by atoms with Crippen molar-refractivity contribution >= 4 is 17.9 Å². The van der Waals surface area contributed by atoms with E-state index < -0.39 is 6.10 Å². The van der Waals surface area contributed by atoms with Crippen molar-refractivity contribution in [3.8, 4) is 0 Å². The Hall–Kier alpha value is -3.41. The summed E-state index contributed by atoms with van der Waals surface area (Å²) in [7, 11) is 0. The zero-order valence-corrected chi connectivity index (χ0v) is 46.7. The molecule has 0 bridgehead atoms. The van der Waals surface area contributed by atoms with E-state index in [2.05, 4.69) is 106 Å². The molecule has 0 aliphatic heterocycles. The van der Waals surface area contributed by atoms with Crippen LogP contribution in [0.4, 0.5) is 0 Å². The van der Waals surface area contributed by atoms with Crippen LogP contribution < -0.4 is 0 Å². The van der Waals surface area contributed by atoms with E-state index in [1.165, 1.54) is 128 Å². The summed E-state index contributed by atoms with van der Waals surface area (Å²) >= 11 is 0. The molecule has 1 unspecified atom stereocenters. The fourth-order valence-corrected chi connectivity index (χ4v) is 8.38. The Morgan fingerprint density at radius 2 is 0.549 bits per heavy atom. The van der Waals surface area contributed by atoms with Crippen molar-refractivity contribution in [3.63, 3.8) is 0 Å². The highest BCUT2D eigenvalue weighted by atomic mass is 16.6. The molecule has 0 radical (unpaired) electrons. The van der Waals surface area contributed by atoms with Gasteiger partial charge in [0.05, 0.1) is 0 Å². The third-order valence-electron chi connectivity index (χ3n) is 12.9. The lowest BCUT2D eigenvalue weighted by atomic mass is 10.0. The number of unbranched alkanes of at least 4 members (excludes halogenated alkanes) is 29. The minimum atomic E-state index is -0.791. The largest absolute Gasteiger partial charge is 0.462 e. The van der Waals surface area contributed by atoms with Gasteiger partial charge < -0.3 is 14.2 Å². The normalized spacial score (nSPS) is 12.7. The average Bonchev–Trinajstić information content (AvgIpc) is 3.37. The van der Waals surface area contributed by atoms with Crippen molar-refractivity contribution in [3.05, 3.63) is 85.1 Å². The van der Waals surface area contributed by atoms with Gasteiger partial charge >= 0.3 is 17.9 Å². The first-order valence-electron chi connectivity index (χ1n) is 30.1. The van der Waals surface area contributed by atoms with Crippen LogP contribution in [0, 0.1) is 0 Å². The Morgan fingerprint density at radius 1 is 0.296 bits per heavy atom. The Bertz CT molecular complexity index is 1370. The molecule has 0 saturated carbocycles. The van der Waals surface area contributed by atoms with Crippen LogP contribution in [0.5, 0.6) is 0 Å². The molecule has 71 heavy (non-hydrogen) atoms. The van der Waals surface area contributed by atoms with Crippen LogP contribution >= 0.6 is 0 Å². The van der Waals surface area contributed by atoms with Gasteiger partial charge in [-0.15, -0.1) is 0 Å². The lowest BCUT2D eigenvalue weighted by molar-refractivity contribution is -0.167. The molecule has 6 heteroatoms. The van der Waals surface area contributed by atoms with Gasteiger partial charge in [-0.1, -0.05) is 260 Å². The highest BCUT2D eigenvalue weighted by Gasteiger charge is 2.19. The lowest BCUT2D eigenvalue weighted by Crippen LogP contribution is -2.30. The van der Waals surface area contributed by atoms with Gasteiger partial charge in [0.1, 0.15) is 13.2 Å². The predicted molar refractivity (Wildman–Crippen MR) is 307 cm³/mol. The summed E-state index contributed by atoms with van der Waals surface area (Å²) < 4.78 is 16.9. The molecule has 0 aromatic rings. The molecular formula is C65H112O6. The van der Waals surface area contributed by atoms with E-state index in [0.717, 1.165) is 122 Å². The van der Waals surface area contributed by atoms with Crippen LogP contribution in [0.15, 0.2) is 85.1 Å². The van der Waals surface area contributed by atoms with Crippen molar-refractivity contribution in [2.75, 3.05) is 13.2 Å². The van der Waals surface area contributed by atoms with Crippen molar-refractivity contribution in [2.24, 2.45) is 0 Å². The highest BCUT2D eigenvalue weighted by molar-refractivity contribution is 5.71. The number of allylic oxidation sites excluding steroid dienone is 14. The van der Waals surface area contributed by atoms with Gasteiger partial charge in [-0.3, -0.25) is 14.4 Å². The lowest BCUT2D eigenvalue weighted by Gasteiger charge is -2.18. The Kier molecular flexibility index (Phi) is 56.3. The molecule has 6 nitrogen and oxygen atoms in total. The summed E-state index contributed by atoms with van der Waals surface area (Å²) in [6.07, 6.45) is 77.1. The second kappa shape index (κ2) is 59.2. The van der Waals surface area contributed by atoms with Gasteiger partial charge in [-0.05, 0) is 96.3 Å². The van der Waals surface area contributed by atoms with Crippen LogP contribution in [-0.4, -0.2) is 37.2 Å². The summed E-state index contributed by atoms with van der Waals surface area (Å²) in [4.78, 5) is 38.2. The summed E-state index contributed by atoms with van der Waals surface area (Å²) in [6, 6.07) is 0. The van der Waals surface area contributed by atoms with Crippen molar-refractivity contribution in [1.82, 2.24) is 0 Å². The Labute approximate surface area is 439 Å². The van der Waals surface area contributed by atoms with Gasteiger partial charge in [0.25, 0.3) is 0 Å². The molecule has 0 saturated heterocycles. The first kappa shape index (κ1) is 67.6. The molecule has 1 atom stereocenters. The number of carbonyl (C=O) groups excluding carboxylic acids is 3. The van der Waals surface area contributed by atoms with E-state index in [0.29, 0.717) is 19.3 Å². The zero-order valence-electron chi connectivity index (χ0n) is 46.7. The van der Waals surface area contributed by atoms with Gasteiger partial charge in [0.2, 0.25) is 0 Å². The molecule has 0 aromatic carbocycles. The average molecular weight is 990 g/mol. The van der Waals surface area contributed by atoms with Crippen LogP contribution in [0.1, 0.15) is 290 Å². The minimum absolute atomic E-state index is 0.0858. The molecule has 408 valence electrons. The van der Waals surface area contributed by atoms with Gasteiger partial charge in [0.15, 0.2) is 6.10 Å². The second-order valence-electron chi connectivity index (χ2n) is 19.9. The second-order valence-corrected chi connectivity index (χ2v) is 19.9. The number of rotatable bonds is 54. The third kappa shape index (κ3) is 57.4. The fraction of sp³-hybridized carbons (Fsp3) is 0.738. The molecular weight excluding hydrogens is 877 g/mol. The van der Waals surface area contributed by atoms with E-state index in [4.69, 9.17) is 14.2 Å². The maximum Gasteiger partial charge on any atom is 0.306 e. The van der Waals surface area contributed by atoms with E-state index in [-0.39, 0.29) is 31.1 Å². The van der Waals surface area contributed by atoms with Crippen LogP contribution in [0.3, 0.4) is 0 Å². The maximum absolute atomic E-state index is 12.9. The van der Waals surface area contributed by atoms with E-state index in [9.17, 15) is 14.4 Å². The van der Waals surface area contributed by atoms with Crippen LogP contribution in [-0.2, 0) is 28.6 Å². The predicted octanol–water partition coefficient (Wildman–Crippen LogP) is 20.3. The molecule has 0 aromatic heterocycles. The first-order valence-corrected chi connectivity index (χ1v) is 30.1. The Balaban J connectivity index is 4.41. The molecule has 0 aliphatic rings. The molecule has 0 fully saturated rings. The van der Waals surface area contributed by atoms with Gasteiger partial charge in [-0.25, -0.2) is 0 Å². The van der Waals surface area contributed by atoms with Gasteiger partial charge in [-0.2, -0.15) is 0 Å². The maximum atomic E-state index is 12.9.